The molecule has 0 heterocycles. The predicted molar refractivity (Wildman–Crippen MR) is 72.8 cm³/mol. The number of aliphatic hydroxyl groups excluding tert-OH is 1. The highest BCUT2D eigenvalue weighted by Crippen LogP contribution is 2.24. The number of aliphatic hydroxyl groups is 1. The highest BCUT2D eigenvalue weighted by molar-refractivity contribution is 5.97. The molecule has 0 aliphatic heterocycles. The van der Waals surface area contributed by atoms with E-state index < -0.39 is 0 Å². The summed E-state index contributed by atoms with van der Waals surface area (Å²) in [5, 5.41) is 11.6. The lowest BCUT2D eigenvalue weighted by Gasteiger charge is -2.15. The third-order valence-electron chi connectivity index (χ3n) is 2.83. The highest BCUT2D eigenvalue weighted by Gasteiger charge is 2.15. The Labute approximate surface area is 113 Å². The van der Waals surface area contributed by atoms with Crippen LogP contribution in [0.5, 0.6) is 11.5 Å². The first-order valence-corrected chi connectivity index (χ1v) is 6.26. The molecule has 5 nitrogen and oxygen atoms in total. The zero-order valence-corrected chi connectivity index (χ0v) is 11.6. The Morgan fingerprint density at radius 2 is 2.11 bits per heavy atom. The lowest BCUT2D eigenvalue weighted by Crippen LogP contribution is -2.32. The van der Waals surface area contributed by atoms with Crippen molar-refractivity contribution in [3.8, 4) is 11.5 Å². The molecule has 0 bridgehead atoms. The van der Waals surface area contributed by atoms with Crippen LogP contribution in [0.15, 0.2) is 18.2 Å². The summed E-state index contributed by atoms with van der Waals surface area (Å²) in [6.45, 7) is 2.04. The number of benzene rings is 1. The number of hydrogen-bond acceptors (Lipinski definition) is 4. The maximum Gasteiger partial charge on any atom is 0.255 e. The van der Waals surface area contributed by atoms with Gasteiger partial charge in [-0.2, -0.15) is 0 Å². The topological polar surface area (TPSA) is 67.8 Å². The van der Waals surface area contributed by atoms with Crippen LogP contribution in [-0.2, 0) is 0 Å². The standard InChI is InChI=1S/C14H21NO4/c1-10(5-4-8-16)15-14(17)12-7-6-11(18-2)9-13(12)19-3/h6-7,9-10,16H,4-5,8H2,1-3H3,(H,15,17). The van der Waals surface area contributed by atoms with Crippen molar-refractivity contribution in [1.82, 2.24) is 5.32 Å². The molecule has 1 unspecified atom stereocenters. The van der Waals surface area contributed by atoms with Gasteiger partial charge in [0.15, 0.2) is 0 Å². The van der Waals surface area contributed by atoms with Crippen molar-refractivity contribution in [2.75, 3.05) is 20.8 Å². The third-order valence-corrected chi connectivity index (χ3v) is 2.83. The molecule has 0 aliphatic rings. The maximum absolute atomic E-state index is 12.1. The Morgan fingerprint density at radius 1 is 1.37 bits per heavy atom. The second-order valence-corrected chi connectivity index (χ2v) is 4.31. The van der Waals surface area contributed by atoms with E-state index in [4.69, 9.17) is 14.6 Å². The normalized spacial score (nSPS) is 11.8. The summed E-state index contributed by atoms with van der Waals surface area (Å²) in [5.74, 6) is 0.929. The average molecular weight is 267 g/mol. The summed E-state index contributed by atoms with van der Waals surface area (Å²) in [6, 6.07) is 5.07. The van der Waals surface area contributed by atoms with E-state index in [0.29, 0.717) is 23.5 Å². The second-order valence-electron chi connectivity index (χ2n) is 4.31. The van der Waals surface area contributed by atoms with Gasteiger partial charge in [0.1, 0.15) is 11.5 Å². The molecule has 0 saturated heterocycles. The van der Waals surface area contributed by atoms with Crippen LogP contribution >= 0.6 is 0 Å². The van der Waals surface area contributed by atoms with Crippen molar-refractivity contribution in [3.05, 3.63) is 23.8 Å². The van der Waals surface area contributed by atoms with E-state index in [2.05, 4.69) is 5.32 Å². The van der Waals surface area contributed by atoms with E-state index in [1.54, 1.807) is 25.3 Å². The molecular formula is C14H21NO4. The van der Waals surface area contributed by atoms with Gasteiger partial charge < -0.3 is 19.9 Å². The van der Waals surface area contributed by atoms with E-state index in [9.17, 15) is 4.79 Å². The monoisotopic (exact) mass is 267 g/mol. The van der Waals surface area contributed by atoms with Gasteiger partial charge in [-0.05, 0) is 31.9 Å². The number of hydrogen-bond donors (Lipinski definition) is 2. The lowest BCUT2D eigenvalue weighted by molar-refractivity contribution is 0.0933. The fraction of sp³-hybridized carbons (Fsp3) is 0.500. The molecule has 0 fully saturated rings. The van der Waals surface area contributed by atoms with Gasteiger partial charge in [0.2, 0.25) is 0 Å². The van der Waals surface area contributed by atoms with Crippen molar-refractivity contribution in [3.63, 3.8) is 0 Å². The molecule has 0 saturated carbocycles. The number of rotatable bonds is 7. The van der Waals surface area contributed by atoms with Crippen LogP contribution in [-0.4, -0.2) is 37.9 Å². The van der Waals surface area contributed by atoms with Crippen LogP contribution in [0.2, 0.25) is 0 Å². The first-order valence-electron chi connectivity index (χ1n) is 6.26. The van der Waals surface area contributed by atoms with Crippen molar-refractivity contribution < 1.29 is 19.4 Å². The number of carbonyl (C=O) groups is 1. The average Bonchev–Trinajstić information content (AvgIpc) is 2.44. The fourth-order valence-corrected chi connectivity index (χ4v) is 1.76. The third kappa shape index (κ3) is 4.44. The maximum atomic E-state index is 12.1. The van der Waals surface area contributed by atoms with Crippen LogP contribution in [0, 0.1) is 0 Å². The Morgan fingerprint density at radius 3 is 2.68 bits per heavy atom. The minimum atomic E-state index is -0.190. The molecule has 0 spiro atoms. The molecule has 106 valence electrons. The molecule has 0 aromatic heterocycles. The van der Waals surface area contributed by atoms with Crippen LogP contribution in [0.25, 0.3) is 0 Å². The summed E-state index contributed by atoms with van der Waals surface area (Å²) in [6.07, 6.45) is 1.40. The van der Waals surface area contributed by atoms with E-state index in [-0.39, 0.29) is 18.6 Å². The SMILES string of the molecule is COc1ccc(C(=O)NC(C)CCCO)c(OC)c1. The van der Waals surface area contributed by atoms with Gasteiger partial charge in [0, 0.05) is 18.7 Å². The van der Waals surface area contributed by atoms with Gasteiger partial charge in [-0.3, -0.25) is 4.79 Å². The number of ether oxygens (including phenoxy) is 2. The Hall–Kier alpha value is -1.75. The molecule has 5 heteroatoms. The number of methoxy groups -OCH3 is 2. The summed E-state index contributed by atoms with van der Waals surface area (Å²) in [5.41, 5.74) is 0.471. The van der Waals surface area contributed by atoms with Crippen molar-refractivity contribution in [2.24, 2.45) is 0 Å². The van der Waals surface area contributed by atoms with Gasteiger partial charge >= 0.3 is 0 Å². The van der Waals surface area contributed by atoms with Crippen molar-refractivity contribution in [1.29, 1.82) is 0 Å². The Balaban J connectivity index is 2.76. The number of carbonyl (C=O) groups excluding carboxylic acids is 1. The number of nitrogens with one attached hydrogen (secondary N) is 1. The van der Waals surface area contributed by atoms with Gasteiger partial charge in [-0.15, -0.1) is 0 Å². The quantitative estimate of drug-likeness (QED) is 0.787. The molecule has 1 atom stereocenters. The van der Waals surface area contributed by atoms with Gasteiger partial charge in [0.25, 0.3) is 5.91 Å². The summed E-state index contributed by atoms with van der Waals surface area (Å²) in [4.78, 5) is 12.1. The van der Waals surface area contributed by atoms with Crippen LogP contribution in [0.4, 0.5) is 0 Å². The molecule has 1 aromatic rings. The van der Waals surface area contributed by atoms with E-state index in [1.165, 1.54) is 7.11 Å². The van der Waals surface area contributed by atoms with E-state index >= 15 is 0 Å². The highest BCUT2D eigenvalue weighted by atomic mass is 16.5. The van der Waals surface area contributed by atoms with Crippen molar-refractivity contribution >= 4 is 5.91 Å². The molecule has 0 radical (unpaired) electrons. The predicted octanol–water partition coefficient (Wildman–Crippen LogP) is 1.59. The molecule has 1 rings (SSSR count). The molecular weight excluding hydrogens is 246 g/mol. The smallest absolute Gasteiger partial charge is 0.255 e. The minimum Gasteiger partial charge on any atom is -0.497 e. The van der Waals surface area contributed by atoms with E-state index in [1.807, 2.05) is 6.92 Å². The molecule has 0 aliphatic carbocycles. The zero-order chi connectivity index (χ0) is 14.3. The molecule has 1 amide bonds. The summed E-state index contributed by atoms with van der Waals surface area (Å²) in [7, 11) is 3.08. The zero-order valence-electron chi connectivity index (χ0n) is 11.6. The van der Waals surface area contributed by atoms with Gasteiger partial charge in [-0.1, -0.05) is 0 Å². The van der Waals surface area contributed by atoms with Crippen molar-refractivity contribution in [2.45, 2.75) is 25.8 Å². The minimum absolute atomic E-state index is 0.00598. The molecule has 19 heavy (non-hydrogen) atoms. The fourth-order valence-electron chi connectivity index (χ4n) is 1.76. The summed E-state index contributed by atoms with van der Waals surface area (Å²) < 4.78 is 10.3. The first kappa shape index (κ1) is 15.3. The Bertz CT molecular complexity index is 420. The molecule has 1 aromatic carbocycles. The lowest BCUT2D eigenvalue weighted by atomic mass is 10.1. The molecule has 2 N–H and O–H groups in total. The first-order chi connectivity index (χ1) is 9.12. The van der Waals surface area contributed by atoms with Crippen LogP contribution in [0.3, 0.4) is 0 Å². The van der Waals surface area contributed by atoms with E-state index in [0.717, 1.165) is 6.42 Å². The summed E-state index contributed by atoms with van der Waals surface area (Å²) >= 11 is 0. The second kappa shape index (κ2) is 7.63. The van der Waals surface area contributed by atoms with Crippen LogP contribution < -0.4 is 14.8 Å². The van der Waals surface area contributed by atoms with Gasteiger partial charge in [0.05, 0.1) is 19.8 Å². The van der Waals surface area contributed by atoms with Crippen LogP contribution in [0.1, 0.15) is 30.1 Å². The largest absolute Gasteiger partial charge is 0.497 e. The van der Waals surface area contributed by atoms with Gasteiger partial charge in [-0.25, -0.2) is 0 Å². The Kier molecular flexibility index (Phi) is 6.15. The number of amides is 1.